The van der Waals surface area contributed by atoms with Crippen LogP contribution in [0.25, 0.3) is 0 Å². The van der Waals surface area contributed by atoms with Gasteiger partial charge in [0.2, 0.25) is 10.0 Å². The van der Waals surface area contributed by atoms with Gasteiger partial charge in [0, 0.05) is 13.1 Å². The van der Waals surface area contributed by atoms with Gasteiger partial charge in [0.25, 0.3) is 0 Å². The van der Waals surface area contributed by atoms with E-state index in [-0.39, 0.29) is 12.4 Å². The average Bonchev–Trinajstić information content (AvgIpc) is 2.75. The molecule has 1 aromatic rings. The van der Waals surface area contributed by atoms with Crippen LogP contribution in [-0.4, -0.2) is 65.1 Å². The van der Waals surface area contributed by atoms with Gasteiger partial charge in [0.05, 0.1) is 4.90 Å². The predicted molar refractivity (Wildman–Crippen MR) is 140 cm³/mol. The second-order valence-corrected chi connectivity index (χ2v) is 11.8. The minimum Gasteiger partial charge on any atom is -0.317 e. The first kappa shape index (κ1) is 28.5. The summed E-state index contributed by atoms with van der Waals surface area (Å²) in [4.78, 5) is 0.508. The second-order valence-electron chi connectivity index (χ2n) is 9.88. The SMILES string of the molecule is Cc1cc(C)c(S(=O)(=O)N2CCC(CNCCCCNCC3CCNCC3)CC2)c(C)c1.Cl. The van der Waals surface area contributed by atoms with Crippen molar-refractivity contribution in [2.45, 2.75) is 64.2 Å². The molecular weight excluding hydrogens is 456 g/mol. The molecule has 2 fully saturated rings. The molecule has 0 radical (unpaired) electrons. The summed E-state index contributed by atoms with van der Waals surface area (Å²) in [6.07, 6.45) is 6.89. The van der Waals surface area contributed by atoms with Gasteiger partial charge in [-0.3, -0.25) is 0 Å². The topological polar surface area (TPSA) is 73.5 Å². The molecule has 2 saturated heterocycles. The largest absolute Gasteiger partial charge is 0.317 e. The molecular formula is C25H45ClN4O2S. The zero-order valence-corrected chi connectivity index (χ0v) is 22.4. The van der Waals surface area contributed by atoms with Gasteiger partial charge >= 0.3 is 0 Å². The average molecular weight is 501 g/mol. The first-order valence-corrected chi connectivity index (χ1v) is 14.0. The fourth-order valence-corrected chi connectivity index (χ4v) is 7.14. The van der Waals surface area contributed by atoms with Gasteiger partial charge in [-0.1, -0.05) is 17.7 Å². The van der Waals surface area contributed by atoms with E-state index in [2.05, 4.69) is 16.0 Å². The molecule has 0 unspecified atom stereocenters. The van der Waals surface area contributed by atoms with Crippen molar-refractivity contribution in [3.63, 3.8) is 0 Å². The number of sulfonamides is 1. The molecule has 0 aromatic heterocycles. The van der Waals surface area contributed by atoms with E-state index in [1.54, 1.807) is 4.31 Å². The van der Waals surface area contributed by atoms with E-state index in [1.807, 2.05) is 32.9 Å². The Morgan fingerprint density at radius 1 is 0.879 bits per heavy atom. The number of nitrogens with one attached hydrogen (secondary N) is 3. The molecule has 190 valence electrons. The maximum atomic E-state index is 13.2. The van der Waals surface area contributed by atoms with Crippen LogP contribution in [0.5, 0.6) is 0 Å². The Labute approximate surface area is 208 Å². The minimum atomic E-state index is -3.41. The highest BCUT2D eigenvalue weighted by Gasteiger charge is 2.31. The predicted octanol–water partition coefficient (Wildman–Crippen LogP) is 3.39. The lowest BCUT2D eigenvalue weighted by atomic mass is 9.98. The summed E-state index contributed by atoms with van der Waals surface area (Å²) in [6, 6.07) is 3.94. The van der Waals surface area contributed by atoms with Gasteiger partial charge in [0.1, 0.15) is 0 Å². The van der Waals surface area contributed by atoms with E-state index in [4.69, 9.17) is 0 Å². The van der Waals surface area contributed by atoms with Crippen molar-refractivity contribution in [3.8, 4) is 0 Å². The highest BCUT2D eigenvalue weighted by Crippen LogP contribution is 2.28. The first-order valence-electron chi connectivity index (χ1n) is 12.6. The van der Waals surface area contributed by atoms with Crippen LogP contribution in [-0.2, 0) is 10.0 Å². The number of piperidine rings is 2. The van der Waals surface area contributed by atoms with Gasteiger partial charge in [-0.2, -0.15) is 4.31 Å². The van der Waals surface area contributed by atoms with E-state index in [9.17, 15) is 8.42 Å². The molecule has 3 rings (SSSR count). The third-order valence-electron chi connectivity index (χ3n) is 7.06. The Kier molecular flexibility index (Phi) is 12.1. The Morgan fingerprint density at radius 3 is 1.88 bits per heavy atom. The molecule has 3 N–H and O–H groups in total. The van der Waals surface area contributed by atoms with Crippen molar-refractivity contribution in [3.05, 3.63) is 28.8 Å². The number of aryl methyl sites for hydroxylation is 3. The van der Waals surface area contributed by atoms with E-state index < -0.39 is 10.0 Å². The summed E-state index contributed by atoms with van der Waals surface area (Å²) >= 11 is 0. The molecule has 0 amide bonds. The van der Waals surface area contributed by atoms with E-state index in [0.717, 1.165) is 61.6 Å². The quantitative estimate of drug-likeness (QED) is 0.406. The number of halogens is 1. The highest BCUT2D eigenvalue weighted by atomic mass is 35.5. The summed E-state index contributed by atoms with van der Waals surface area (Å²) in [5.41, 5.74) is 2.83. The summed E-state index contributed by atoms with van der Waals surface area (Å²) in [6.45, 7) is 13.8. The lowest BCUT2D eigenvalue weighted by Crippen LogP contribution is -2.41. The zero-order valence-electron chi connectivity index (χ0n) is 20.8. The van der Waals surface area contributed by atoms with Gasteiger partial charge in [-0.15, -0.1) is 12.4 Å². The van der Waals surface area contributed by atoms with E-state index >= 15 is 0 Å². The molecule has 2 aliphatic rings. The molecule has 0 saturated carbocycles. The summed E-state index contributed by atoms with van der Waals surface area (Å²) < 4.78 is 28.2. The van der Waals surface area contributed by atoms with E-state index in [0.29, 0.717) is 23.9 Å². The molecule has 1 aromatic carbocycles. The van der Waals surface area contributed by atoms with Crippen LogP contribution in [0.2, 0.25) is 0 Å². The van der Waals surface area contributed by atoms with Crippen LogP contribution in [0.15, 0.2) is 17.0 Å². The molecule has 2 aliphatic heterocycles. The number of hydrogen-bond acceptors (Lipinski definition) is 5. The van der Waals surface area contributed by atoms with Crippen molar-refractivity contribution in [1.29, 1.82) is 0 Å². The summed E-state index contributed by atoms with van der Waals surface area (Å²) in [5.74, 6) is 1.42. The normalized spacial score (nSPS) is 18.9. The number of nitrogens with zero attached hydrogens (tertiary/aromatic N) is 1. The molecule has 0 bridgehead atoms. The van der Waals surface area contributed by atoms with Crippen molar-refractivity contribution < 1.29 is 8.42 Å². The number of rotatable bonds is 11. The Morgan fingerprint density at radius 2 is 1.36 bits per heavy atom. The highest BCUT2D eigenvalue weighted by molar-refractivity contribution is 7.89. The third kappa shape index (κ3) is 8.48. The monoisotopic (exact) mass is 500 g/mol. The fraction of sp³-hybridized carbons (Fsp3) is 0.760. The second kappa shape index (κ2) is 14.0. The molecule has 33 heavy (non-hydrogen) atoms. The lowest BCUT2D eigenvalue weighted by molar-refractivity contribution is 0.267. The molecule has 0 spiro atoms. The smallest absolute Gasteiger partial charge is 0.243 e. The molecule has 0 aliphatic carbocycles. The van der Waals surface area contributed by atoms with Gasteiger partial charge < -0.3 is 16.0 Å². The first-order chi connectivity index (χ1) is 15.4. The van der Waals surface area contributed by atoms with Crippen molar-refractivity contribution in [2.75, 3.05) is 52.4 Å². The number of unbranched alkanes of at least 4 members (excludes halogenated alkanes) is 1. The molecule has 0 atom stereocenters. The molecule has 8 heteroatoms. The molecule has 2 heterocycles. The van der Waals surface area contributed by atoms with Gasteiger partial charge in [0.15, 0.2) is 0 Å². The van der Waals surface area contributed by atoms with E-state index in [1.165, 1.54) is 38.8 Å². The zero-order chi connectivity index (χ0) is 23.0. The fourth-order valence-electron chi connectivity index (χ4n) is 5.25. The minimum absolute atomic E-state index is 0. The standard InChI is InChI=1S/C25H44N4O2S.ClH/c1-20-16-21(2)25(22(3)17-20)32(30,31)29-14-8-24(9-15-29)19-28-11-5-4-10-27-18-23-6-12-26-13-7-23;/h16-17,23-24,26-28H,4-15,18-19H2,1-3H3;1H. The van der Waals surface area contributed by atoms with Crippen LogP contribution in [0.1, 0.15) is 55.2 Å². The van der Waals surface area contributed by atoms with Crippen LogP contribution < -0.4 is 16.0 Å². The van der Waals surface area contributed by atoms with Gasteiger partial charge in [-0.05, 0) is 122 Å². The third-order valence-corrected chi connectivity index (χ3v) is 9.26. The van der Waals surface area contributed by atoms with Crippen molar-refractivity contribution >= 4 is 22.4 Å². The summed E-state index contributed by atoms with van der Waals surface area (Å²) in [5, 5.41) is 10.6. The summed E-state index contributed by atoms with van der Waals surface area (Å²) in [7, 11) is -3.41. The number of hydrogen-bond donors (Lipinski definition) is 3. The van der Waals surface area contributed by atoms with Gasteiger partial charge in [-0.25, -0.2) is 8.42 Å². The Bertz CT molecular complexity index is 797. The number of benzene rings is 1. The van der Waals surface area contributed by atoms with Crippen LogP contribution in [0, 0.1) is 32.6 Å². The maximum absolute atomic E-state index is 13.2. The lowest BCUT2D eigenvalue weighted by Gasteiger charge is -2.32. The Balaban J connectivity index is 0.00000385. The Hall–Kier alpha value is -0.700. The molecule has 6 nitrogen and oxygen atoms in total. The van der Waals surface area contributed by atoms with Crippen LogP contribution >= 0.6 is 12.4 Å². The van der Waals surface area contributed by atoms with Crippen LogP contribution in [0.4, 0.5) is 0 Å². The van der Waals surface area contributed by atoms with Crippen molar-refractivity contribution in [2.24, 2.45) is 11.8 Å². The van der Waals surface area contributed by atoms with Crippen molar-refractivity contribution in [1.82, 2.24) is 20.3 Å². The maximum Gasteiger partial charge on any atom is 0.243 e. The van der Waals surface area contributed by atoms with Crippen LogP contribution in [0.3, 0.4) is 0 Å².